The van der Waals surface area contributed by atoms with E-state index >= 15 is 0 Å². The van der Waals surface area contributed by atoms with Crippen molar-refractivity contribution in [3.8, 4) is 0 Å². The molecule has 5 nitrogen and oxygen atoms in total. The summed E-state index contributed by atoms with van der Waals surface area (Å²) in [6, 6.07) is 17.9. The van der Waals surface area contributed by atoms with Crippen LogP contribution < -0.4 is 16.0 Å². The summed E-state index contributed by atoms with van der Waals surface area (Å²) in [7, 11) is 3.38. The van der Waals surface area contributed by atoms with Crippen LogP contribution in [-0.4, -0.2) is 38.3 Å². The van der Waals surface area contributed by atoms with Crippen LogP contribution in [0.3, 0.4) is 0 Å². The molecule has 0 spiro atoms. The van der Waals surface area contributed by atoms with Crippen molar-refractivity contribution in [3.05, 3.63) is 65.7 Å². The van der Waals surface area contributed by atoms with Crippen molar-refractivity contribution in [2.24, 2.45) is 4.99 Å². The molecule has 0 bridgehead atoms. The molecule has 0 radical (unpaired) electrons. The Balaban J connectivity index is 1.76. The SMILES string of the molecule is CN=C(NCCSc1ccccc1)NCc1cccc(C(=O)NC)c1. The lowest BCUT2D eigenvalue weighted by molar-refractivity contribution is 0.0963. The van der Waals surface area contributed by atoms with Crippen molar-refractivity contribution in [3.63, 3.8) is 0 Å². The van der Waals surface area contributed by atoms with Gasteiger partial charge in [0.2, 0.25) is 0 Å². The largest absolute Gasteiger partial charge is 0.356 e. The monoisotopic (exact) mass is 356 g/mol. The summed E-state index contributed by atoms with van der Waals surface area (Å²) in [5.74, 6) is 1.62. The summed E-state index contributed by atoms with van der Waals surface area (Å²) < 4.78 is 0. The van der Waals surface area contributed by atoms with Crippen LogP contribution in [0.25, 0.3) is 0 Å². The molecule has 2 rings (SSSR count). The minimum absolute atomic E-state index is 0.0812. The molecule has 0 aliphatic rings. The number of aliphatic imine (C=N–C) groups is 1. The highest BCUT2D eigenvalue weighted by Crippen LogP contribution is 2.15. The van der Waals surface area contributed by atoms with Gasteiger partial charge in [0.05, 0.1) is 0 Å². The second-order valence-electron chi connectivity index (χ2n) is 5.29. The van der Waals surface area contributed by atoms with Crippen LogP contribution in [0.5, 0.6) is 0 Å². The Kier molecular flexibility index (Phi) is 7.85. The molecule has 3 N–H and O–H groups in total. The van der Waals surface area contributed by atoms with Gasteiger partial charge < -0.3 is 16.0 Å². The Hall–Kier alpha value is -2.47. The lowest BCUT2D eigenvalue weighted by Gasteiger charge is -2.12. The van der Waals surface area contributed by atoms with Gasteiger partial charge in [0.15, 0.2) is 5.96 Å². The number of hydrogen-bond acceptors (Lipinski definition) is 3. The van der Waals surface area contributed by atoms with Crippen molar-refractivity contribution in [2.75, 3.05) is 26.4 Å². The number of guanidine groups is 1. The van der Waals surface area contributed by atoms with E-state index in [0.29, 0.717) is 12.1 Å². The molecule has 0 aromatic heterocycles. The maximum Gasteiger partial charge on any atom is 0.251 e. The van der Waals surface area contributed by atoms with E-state index in [1.165, 1.54) is 4.90 Å². The van der Waals surface area contributed by atoms with E-state index in [-0.39, 0.29) is 5.91 Å². The van der Waals surface area contributed by atoms with E-state index in [4.69, 9.17) is 0 Å². The van der Waals surface area contributed by atoms with E-state index in [1.807, 2.05) is 36.4 Å². The highest BCUT2D eigenvalue weighted by molar-refractivity contribution is 7.99. The molecule has 0 saturated carbocycles. The van der Waals surface area contributed by atoms with Crippen LogP contribution >= 0.6 is 11.8 Å². The first-order valence-electron chi connectivity index (χ1n) is 8.16. The van der Waals surface area contributed by atoms with Gasteiger partial charge in [0.1, 0.15) is 0 Å². The molecule has 0 atom stereocenters. The standard InChI is InChI=1S/C19H24N4OS/c1-20-18(24)16-8-6-7-15(13-16)14-23-19(21-2)22-11-12-25-17-9-4-3-5-10-17/h3-10,13H,11-12,14H2,1-2H3,(H,20,24)(H2,21,22,23). The van der Waals surface area contributed by atoms with Crippen LogP contribution in [0.2, 0.25) is 0 Å². The van der Waals surface area contributed by atoms with Crippen LogP contribution in [0.4, 0.5) is 0 Å². The topological polar surface area (TPSA) is 65.5 Å². The predicted octanol–water partition coefficient (Wildman–Crippen LogP) is 2.50. The summed E-state index contributed by atoms with van der Waals surface area (Å²) in [4.78, 5) is 17.2. The molecule has 0 unspecified atom stereocenters. The molecule has 6 heteroatoms. The average molecular weight is 356 g/mol. The maximum absolute atomic E-state index is 11.7. The Morgan fingerprint density at radius 1 is 1.08 bits per heavy atom. The maximum atomic E-state index is 11.7. The Bertz CT molecular complexity index is 704. The number of thioether (sulfide) groups is 1. The van der Waals surface area contributed by atoms with Gasteiger partial charge in [-0.3, -0.25) is 9.79 Å². The van der Waals surface area contributed by atoms with E-state index in [9.17, 15) is 4.79 Å². The zero-order valence-electron chi connectivity index (χ0n) is 14.6. The summed E-state index contributed by atoms with van der Waals surface area (Å²) in [5, 5.41) is 9.20. The van der Waals surface area contributed by atoms with Gasteiger partial charge in [-0.1, -0.05) is 30.3 Å². The fourth-order valence-corrected chi connectivity index (χ4v) is 3.02. The summed E-state index contributed by atoms with van der Waals surface area (Å²) in [6.45, 7) is 1.42. The number of benzene rings is 2. The summed E-state index contributed by atoms with van der Waals surface area (Å²) in [6.07, 6.45) is 0. The third-order valence-electron chi connectivity index (χ3n) is 3.51. The minimum atomic E-state index is -0.0812. The van der Waals surface area contributed by atoms with Gasteiger partial charge in [-0.25, -0.2) is 0 Å². The zero-order chi connectivity index (χ0) is 17.9. The third kappa shape index (κ3) is 6.51. The van der Waals surface area contributed by atoms with Crippen LogP contribution in [-0.2, 0) is 6.54 Å². The number of carbonyl (C=O) groups excluding carboxylic acids is 1. The minimum Gasteiger partial charge on any atom is -0.356 e. The Morgan fingerprint density at radius 2 is 1.88 bits per heavy atom. The number of carbonyl (C=O) groups is 1. The normalized spacial score (nSPS) is 11.0. The summed E-state index contributed by atoms with van der Waals surface area (Å²) >= 11 is 1.81. The third-order valence-corrected chi connectivity index (χ3v) is 4.52. The molecule has 0 aliphatic carbocycles. The zero-order valence-corrected chi connectivity index (χ0v) is 15.4. The average Bonchev–Trinajstić information content (AvgIpc) is 2.67. The van der Waals surface area contributed by atoms with Crippen LogP contribution in [0.15, 0.2) is 64.5 Å². The Morgan fingerprint density at radius 3 is 2.60 bits per heavy atom. The Labute approximate surface area is 153 Å². The van der Waals surface area contributed by atoms with Gasteiger partial charge in [-0.15, -0.1) is 11.8 Å². The fraction of sp³-hybridized carbons (Fsp3) is 0.263. The van der Waals surface area contributed by atoms with Gasteiger partial charge in [-0.05, 0) is 29.8 Å². The second-order valence-corrected chi connectivity index (χ2v) is 6.46. The van der Waals surface area contributed by atoms with Crippen LogP contribution in [0, 0.1) is 0 Å². The van der Waals surface area contributed by atoms with Gasteiger partial charge in [-0.2, -0.15) is 0 Å². The lowest BCUT2D eigenvalue weighted by Crippen LogP contribution is -2.38. The molecule has 0 fully saturated rings. The first-order valence-corrected chi connectivity index (χ1v) is 9.15. The molecule has 2 aromatic rings. The number of nitrogens with zero attached hydrogens (tertiary/aromatic N) is 1. The van der Waals surface area contributed by atoms with E-state index in [2.05, 4.69) is 33.1 Å². The van der Waals surface area contributed by atoms with Gasteiger partial charge in [0, 0.05) is 43.4 Å². The summed E-state index contributed by atoms with van der Waals surface area (Å²) in [5.41, 5.74) is 1.69. The predicted molar refractivity (Wildman–Crippen MR) is 105 cm³/mol. The molecule has 2 aromatic carbocycles. The molecule has 0 saturated heterocycles. The molecule has 0 aliphatic heterocycles. The molecule has 1 amide bonds. The molecular weight excluding hydrogens is 332 g/mol. The highest BCUT2D eigenvalue weighted by atomic mass is 32.2. The first kappa shape index (κ1) is 18.9. The smallest absolute Gasteiger partial charge is 0.251 e. The van der Waals surface area contributed by atoms with Gasteiger partial charge in [0.25, 0.3) is 5.91 Å². The lowest BCUT2D eigenvalue weighted by atomic mass is 10.1. The van der Waals surface area contributed by atoms with Crippen molar-refractivity contribution < 1.29 is 4.79 Å². The molecule has 132 valence electrons. The molecular formula is C19H24N4OS. The van der Waals surface area contributed by atoms with Crippen molar-refractivity contribution in [1.82, 2.24) is 16.0 Å². The quantitative estimate of drug-likeness (QED) is 0.309. The fourth-order valence-electron chi connectivity index (χ4n) is 2.23. The van der Waals surface area contributed by atoms with Crippen LogP contribution in [0.1, 0.15) is 15.9 Å². The second kappa shape index (κ2) is 10.4. The van der Waals surface area contributed by atoms with Crippen molar-refractivity contribution in [1.29, 1.82) is 0 Å². The first-order chi connectivity index (χ1) is 12.2. The van der Waals surface area contributed by atoms with E-state index in [1.54, 1.807) is 31.9 Å². The number of amides is 1. The number of nitrogens with one attached hydrogen (secondary N) is 3. The van der Waals surface area contributed by atoms with Crippen molar-refractivity contribution in [2.45, 2.75) is 11.4 Å². The van der Waals surface area contributed by atoms with E-state index in [0.717, 1.165) is 23.8 Å². The molecule has 0 heterocycles. The number of hydrogen-bond donors (Lipinski definition) is 3. The van der Waals surface area contributed by atoms with Crippen molar-refractivity contribution >= 4 is 23.6 Å². The van der Waals surface area contributed by atoms with E-state index < -0.39 is 0 Å². The van der Waals surface area contributed by atoms with Gasteiger partial charge >= 0.3 is 0 Å². The number of rotatable bonds is 7. The highest BCUT2D eigenvalue weighted by Gasteiger charge is 2.04. The molecule has 25 heavy (non-hydrogen) atoms.